The van der Waals surface area contributed by atoms with E-state index in [1.165, 1.54) is 46.1 Å². The van der Waals surface area contributed by atoms with Gasteiger partial charge in [0.15, 0.2) is 0 Å². The zero-order valence-corrected chi connectivity index (χ0v) is 14.5. The van der Waals surface area contributed by atoms with Crippen molar-refractivity contribution in [2.75, 3.05) is 13.6 Å². The molecule has 3 heterocycles. The molecule has 2 aromatic rings. The number of likely N-dealkylation sites (N-methyl/N-ethyl adjacent to an activating group) is 1. The van der Waals surface area contributed by atoms with Gasteiger partial charge in [-0.3, -0.25) is 5.32 Å². The third-order valence-electron chi connectivity index (χ3n) is 5.81. The summed E-state index contributed by atoms with van der Waals surface area (Å²) in [6, 6.07) is 7.82. The number of hydrogen-bond acceptors (Lipinski definition) is 2. The van der Waals surface area contributed by atoms with Crippen LogP contribution in [-0.4, -0.2) is 29.1 Å². The first kappa shape index (κ1) is 14.5. The number of aromatic nitrogens is 1. The van der Waals surface area contributed by atoms with Gasteiger partial charge >= 0.3 is 0 Å². The molecule has 1 N–H and O–H groups in total. The quantitative estimate of drug-likeness (QED) is 0.865. The van der Waals surface area contributed by atoms with Crippen molar-refractivity contribution in [2.45, 2.75) is 44.9 Å². The Morgan fingerprint density at radius 1 is 1.12 bits per heavy atom. The number of aryl methyl sites for hydroxylation is 1. The standard InChI is InChI=1S/C21H25N3/c1-14-8-9-20-16(10-14)17-11-23(2)12-19-21(17)24(20)13-18(22-19)15-6-4-3-5-7-15/h4,6-10,18-19,22H,3,5,11-13H2,1-2H3. The van der Waals surface area contributed by atoms with Crippen LogP contribution in [-0.2, 0) is 13.1 Å². The molecule has 3 heteroatoms. The van der Waals surface area contributed by atoms with E-state index in [-0.39, 0.29) is 0 Å². The summed E-state index contributed by atoms with van der Waals surface area (Å²) >= 11 is 0. The van der Waals surface area contributed by atoms with E-state index in [9.17, 15) is 0 Å². The van der Waals surface area contributed by atoms with Crippen LogP contribution >= 0.6 is 0 Å². The molecule has 1 aliphatic carbocycles. The molecule has 2 unspecified atom stereocenters. The summed E-state index contributed by atoms with van der Waals surface area (Å²) in [4.78, 5) is 2.46. The van der Waals surface area contributed by atoms with Crippen molar-refractivity contribution in [3.63, 3.8) is 0 Å². The van der Waals surface area contributed by atoms with Crippen molar-refractivity contribution in [3.8, 4) is 0 Å². The van der Waals surface area contributed by atoms with E-state index in [4.69, 9.17) is 0 Å². The van der Waals surface area contributed by atoms with Gasteiger partial charge in [-0.1, -0.05) is 29.9 Å². The first-order valence-electron chi connectivity index (χ1n) is 9.13. The number of nitrogens with zero attached hydrogens (tertiary/aromatic N) is 2. The molecule has 0 saturated heterocycles. The summed E-state index contributed by atoms with van der Waals surface area (Å²) in [6.45, 7) is 5.40. The highest BCUT2D eigenvalue weighted by Crippen LogP contribution is 2.39. The van der Waals surface area contributed by atoms with Gasteiger partial charge in [0.05, 0.1) is 12.1 Å². The highest BCUT2D eigenvalue weighted by molar-refractivity contribution is 5.87. The predicted octanol–water partition coefficient (Wildman–Crippen LogP) is 3.68. The molecule has 3 aliphatic rings. The largest absolute Gasteiger partial charge is 0.341 e. The number of hydrogen-bond donors (Lipinski definition) is 1. The Hall–Kier alpha value is -1.84. The maximum absolute atomic E-state index is 3.95. The number of allylic oxidation sites excluding steroid dienone is 2. The molecule has 0 fully saturated rings. The maximum atomic E-state index is 3.95. The molecule has 0 radical (unpaired) electrons. The van der Waals surface area contributed by atoms with Crippen LogP contribution in [0.25, 0.3) is 10.9 Å². The monoisotopic (exact) mass is 319 g/mol. The highest BCUT2D eigenvalue weighted by Gasteiger charge is 2.36. The van der Waals surface area contributed by atoms with Crippen molar-refractivity contribution in [1.29, 1.82) is 0 Å². The molecule has 24 heavy (non-hydrogen) atoms. The fraction of sp³-hybridized carbons (Fsp3) is 0.429. The van der Waals surface area contributed by atoms with Crippen molar-refractivity contribution < 1.29 is 0 Å². The van der Waals surface area contributed by atoms with Crippen molar-refractivity contribution in [1.82, 2.24) is 14.8 Å². The zero-order chi connectivity index (χ0) is 16.3. The predicted molar refractivity (Wildman–Crippen MR) is 99.1 cm³/mol. The van der Waals surface area contributed by atoms with E-state index in [2.05, 4.69) is 65.2 Å². The second-order valence-corrected chi connectivity index (χ2v) is 7.65. The van der Waals surface area contributed by atoms with Gasteiger partial charge in [-0.05, 0) is 50.1 Å². The Labute approximate surface area is 143 Å². The van der Waals surface area contributed by atoms with E-state index in [1.54, 1.807) is 0 Å². The molecule has 0 spiro atoms. The van der Waals surface area contributed by atoms with E-state index in [0.29, 0.717) is 12.1 Å². The van der Waals surface area contributed by atoms with Crippen molar-refractivity contribution in [3.05, 3.63) is 58.8 Å². The van der Waals surface area contributed by atoms with Crippen LogP contribution in [0.2, 0.25) is 0 Å². The van der Waals surface area contributed by atoms with E-state index in [1.807, 2.05) is 0 Å². The van der Waals surface area contributed by atoms with Crippen LogP contribution < -0.4 is 5.32 Å². The minimum absolute atomic E-state index is 0.426. The molecule has 1 aromatic carbocycles. The summed E-state index contributed by atoms with van der Waals surface area (Å²) < 4.78 is 2.60. The van der Waals surface area contributed by atoms with Crippen LogP contribution in [0.4, 0.5) is 0 Å². The molecule has 0 saturated carbocycles. The molecule has 2 aliphatic heterocycles. The third kappa shape index (κ3) is 2.11. The Bertz CT molecular complexity index is 871. The highest BCUT2D eigenvalue weighted by atomic mass is 15.2. The second-order valence-electron chi connectivity index (χ2n) is 7.65. The lowest BCUT2D eigenvalue weighted by Crippen LogP contribution is -2.49. The fourth-order valence-electron chi connectivity index (χ4n) is 4.76. The SMILES string of the molecule is Cc1ccc2c(c1)c1c3n2CC(C2=CCCC=C2)NC3CN(C)C1. The third-order valence-corrected chi connectivity index (χ3v) is 5.81. The van der Waals surface area contributed by atoms with E-state index in [0.717, 1.165) is 19.6 Å². The Kier molecular flexibility index (Phi) is 3.22. The lowest BCUT2D eigenvalue weighted by Gasteiger charge is -2.40. The minimum Gasteiger partial charge on any atom is -0.341 e. The van der Waals surface area contributed by atoms with Gasteiger partial charge in [0.2, 0.25) is 0 Å². The second kappa shape index (κ2) is 5.33. The van der Waals surface area contributed by atoms with Crippen LogP contribution in [0, 0.1) is 6.92 Å². The molecule has 124 valence electrons. The summed E-state index contributed by atoms with van der Waals surface area (Å²) in [5.41, 5.74) is 7.30. The average molecular weight is 319 g/mol. The molecule has 5 rings (SSSR count). The first-order valence-corrected chi connectivity index (χ1v) is 9.13. The lowest BCUT2D eigenvalue weighted by molar-refractivity contribution is 0.226. The van der Waals surface area contributed by atoms with E-state index < -0.39 is 0 Å². The van der Waals surface area contributed by atoms with Gasteiger partial charge in [0.25, 0.3) is 0 Å². The van der Waals surface area contributed by atoms with Gasteiger partial charge in [0.1, 0.15) is 0 Å². The van der Waals surface area contributed by atoms with Crippen molar-refractivity contribution in [2.24, 2.45) is 0 Å². The van der Waals surface area contributed by atoms with Gasteiger partial charge in [0, 0.05) is 36.2 Å². The first-order chi connectivity index (χ1) is 11.7. The number of nitrogens with one attached hydrogen (secondary N) is 1. The fourth-order valence-corrected chi connectivity index (χ4v) is 4.76. The summed E-state index contributed by atoms with van der Waals surface area (Å²) in [5, 5.41) is 5.40. The topological polar surface area (TPSA) is 20.2 Å². The normalized spacial score (nSPS) is 26.5. The van der Waals surface area contributed by atoms with Crippen LogP contribution in [0.1, 0.15) is 35.7 Å². The molecule has 3 nitrogen and oxygen atoms in total. The Morgan fingerprint density at radius 2 is 2.04 bits per heavy atom. The van der Waals surface area contributed by atoms with E-state index >= 15 is 0 Å². The smallest absolute Gasteiger partial charge is 0.0613 e. The van der Waals surface area contributed by atoms with Gasteiger partial charge in [-0.2, -0.15) is 0 Å². The average Bonchev–Trinajstić information content (AvgIpc) is 2.90. The van der Waals surface area contributed by atoms with Crippen LogP contribution in [0.5, 0.6) is 0 Å². The number of benzene rings is 1. The summed E-state index contributed by atoms with van der Waals surface area (Å²) in [7, 11) is 2.24. The number of rotatable bonds is 1. The number of fused-ring (bicyclic) bond motifs is 3. The molecule has 0 bridgehead atoms. The van der Waals surface area contributed by atoms with Crippen LogP contribution in [0.15, 0.2) is 42.0 Å². The molecule has 0 amide bonds. The minimum atomic E-state index is 0.426. The van der Waals surface area contributed by atoms with Crippen molar-refractivity contribution >= 4 is 10.9 Å². The Balaban J connectivity index is 1.68. The molecular formula is C21H25N3. The van der Waals surface area contributed by atoms with Gasteiger partial charge in [-0.25, -0.2) is 0 Å². The molecule has 2 atom stereocenters. The van der Waals surface area contributed by atoms with Gasteiger partial charge < -0.3 is 9.47 Å². The molecular weight excluding hydrogens is 294 g/mol. The van der Waals surface area contributed by atoms with Gasteiger partial charge in [-0.15, -0.1) is 0 Å². The van der Waals surface area contributed by atoms with Crippen LogP contribution in [0.3, 0.4) is 0 Å². The lowest BCUT2D eigenvalue weighted by atomic mass is 9.94. The Morgan fingerprint density at radius 3 is 2.88 bits per heavy atom. The zero-order valence-electron chi connectivity index (χ0n) is 14.5. The summed E-state index contributed by atoms with van der Waals surface area (Å²) in [5.74, 6) is 0. The molecule has 1 aromatic heterocycles. The maximum Gasteiger partial charge on any atom is 0.0613 e. The summed E-state index contributed by atoms with van der Waals surface area (Å²) in [6.07, 6.45) is 9.44.